The van der Waals surface area contributed by atoms with Gasteiger partial charge in [0.25, 0.3) is 5.56 Å². The topological polar surface area (TPSA) is 86.2 Å². The first kappa shape index (κ1) is 14.1. The fourth-order valence-corrected chi connectivity index (χ4v) is 1.54. The van der Waals surface area contributed by atoms with Gasteiger partial charge in [-0.3, -0.25) is 4.79 Å². The minimum Gasteiger partial charge on any atom is -0.389 e. The first-order valence-electron chi connectivity index (χ1n) is 4.36. The maximum Gasteiger partial charge on any atom is 0.433 e. The van der Waals surface area contributed by atoms with E-state index < -0.39 is 35.2 Å². The molecule has 3 N–H and O–H groups in total. The number of aliphatic hydroxyl groups excluding tert-OH is 2. The Morgan fingerprint density at radius 3 is 2.53 bits per heavy atom. The van der Waals surface area contributed by atoms with E-state index in [1.165, 1.54) is 0 Å². The molecule has 17 heavy (non-hydrogen) atoms. The molecule has 2 unspecified atom stereocenters. The molecule has 1 rings (SSSR count). The molecule has 0 aliphatic carbocycles. The maximum absolute atomic E-state index is 12.5. The Bertz CT molecular complexity index is 448. The second kappa shape index (κ2) is 5.15. The molecular weight excluding hydrogens is 309 g/mol. The lowest BCUT2D eigenvalue weighted by atomic mass is 10.0. The van der Waals surface area contributed by atoms with Crippen molar-refractivity contribution < 1.29 is 23.4 Å². The van der Waals surface area contributed by atoms with Crippen LogP contribution in [-0.4, -0.2) is 31.6 Å². The molecule has 0 aliphatic heterocycles. The Hall–Kier alpha value is -0.930. The van der Waals surface area contributed by atoms with Crippen LogP contribution in [0.1, 0.15) is 17.4 Å². The second-order valence-electron chi connectivity index (χ2n) is 3.16. The van der Waals surface area contributed by atoms with Crippen LogP contribution >= 0.6 is 15.9 Å². The van der Waals surface area contributed by atoms with Crippen molar-refractivity contribution in [2.75, 3.05) is 5.33 Å². The predicted octanol–water partition coefficient (Wildman–Crippen LogP) is 0.578. The van der Waals surface area contributed by atoms with Crippen LogP contribution in [0.25, 0.3) is 0 Å². The first-order chi connectivity index (χ1) is 7.79. The van der Waals surface area contributed by atoms with Gasteiger partial charge in [0, 0.05) is 5.33 Å². The Morgan fingerprint density at radius 1 is 1.47 bits per heavy atom. The molecule has 2 atom stereocenters. The van der Waals surface area contributed by atoms with Gasteiger partial charge in [0.1, 0.15) is 6.10 Å². The third kappa shape index (κ3) is 3.05. The van der Waals surface area contributed by atoms with Gasteiger partial charge in [-0.2, -0.15) is 13.2 Å². The lowest BCUT2D eigenvalue weighted by Gasteiger charge is -2.18. The summed E-state index contributed by atoms with van der Waals surface area (Å²) in [5.74, 6) is 0. The molecule has 96 valence electrons. The summed E-state index contributed by atoms with van der Waals surface area (Å²) in [6.07, 6.45) is -7.80. The van der Waals surface area contributed by atoms with Crippen molar-refractivity contribution in [3.05, 3.63) is 27.9 Å². The number of rotatable bonds is 3. The fraction of sp³-hybridized carbons (Fsp3) is 0.500. The number of aliphatic hydroxyl groups is 2. The summed E-state index contributed by atoms with van der Waals surface area (Å²) in [5, 5.41) is 18.5. The van der Waals surface area contributed by atoms with Gasteiger partial charge < -0.3 is 15.2 Å². The van der Waals surface area contributed by atoms with E-state index in [0.29, 0.717) is 6.33 Å². The highest BCUT2D eigenvalue weighted by molar-refractivity contribution is 9.09. The Morgan fingerprint density at radius 2 is 2.06 bits per heavy atom. The smallest absolute Gasteiger partial charge is 0.389 e. The number of aromatic amines is 1. The van der Waals surface area contributed by atoms with Crippen molar-refractivity contribution >= 4 is 15.9 Å². The van der Waals surface area contributed by atoms with Gasteiger partial charge in [-0.15, -0.1) is 0 Å². The highest BCUT2D eigenvalue weighted by atomic mass is 79.9. The average Bonchev–Trinajstić information content (AvgIpc) is 2.25. The van der Waals surface area contributed by atoms with Crippen LogP contribution in [0.3, 0.4) is 0 Å². The largest absolute Gasteiger partial charge is 0.433 e. The predicted molar refractivity (Wildman–Crippen MR) is 54.6 cm³/mol. The van der Waals surface area contributed by atoms with Crippen molar-refractivity contribution in [1.29, 1.82) is 0 Å². The minimum absolute atomic E-state index is 0.181. The number of nitrogens with one attached hydrogen (secondary N) is 1. The van der Waals surface area contributed by atoms with E-state index in [0.717, 1.165) is 0 Å². The van der Waals surface area contributed by atoms with E-state index in [9.17, 15) is 28.2 Å². The van der Waals surface area contributed by atoms with E-state index in [-0.39, 0.29) is 5.33 Å². The summed E-state index contributed by atoms with van der Waals surface area (Å²) < 4.78 is 37.6. The normalized spacial score (nSPS) is 15.6. The molecule has 1 aromatic heterocycles. The van der Waals surface area contributed by atoms with Gasteiger partial charge in [0.15, 0.2) is 5.69 Å². The standard InChI is InChI=1S/C8H8BrF3N2O3/c9-1-3(15)5(16)4-6(8(10,11)12)13-2-14-7(4)17/h2-3,5,15-16H,1H2,(H,13,14,17). The van der Waals surface area contributed by atoms with E-state index in [1.54, 1.807) is 0 Å². The lowest BCUT2D eigenvalue weighted by Crippen LogP contribution is -2.31. The zero-order valence-corrected chi connectivity index (χ0v) is 9.79. The molecule has 0 fully saturated rings. The molecule has 0 saturated carbocycles. The summed E-state index contributed by atoms with van der Waals surface area (Å²) >= 11 is 2.79. The first-order valence-corrected chi connectivity index (χ1v) is 5.48. The number of hydrogen-bond donors (Lipinski definition) is 3. The van der Waals surface area contributed by atoms with Crippen molar-refractivity contribution in [3.63, 3.8) is 0 Å². The summed E-state index contributed by atoms with van der Waals surface area (Å²) in [5.41, 5.74) is -3.64. The van der Waals surface area contributed by atoms with E-state index in [4.69, 9.17) is 0 Å². The number of aromatic nitrogens is 2. The molecule has 0 aromatic carbocycles. The molecule has 0 saturated heterocycles. The molecular formula is C8H8BrF3N2O3. The fourth-order valence-electron chi connectivity index (χ4n) is 1.19. The van der Waals surface area contributed by atoms with Crippen molar-refractivity contribution in [2.24, 2.45) is 0 Å². The summed E-state index contributed by atoms with van der Waals surface area (Å²) in [4.78, 5) is 16.2. The Kier molecular flexibility index (Phi) is 4.28. The minimum atomic E-state index is -4.88. The molecule has 0 amide bonds. The molecule has 0 aliphatic rings. The Labute approximate surface area is 101 Å². The summed E-state index contributed by atoms with van der Waals surface area (Å²) in [6, 6.07) is 0. The number of halogens is 4. The Balaban J connectivity index is 3.36. The maximum atomic E-state index is 12.5. The van der Waals surface area contributed by atoms with Gasteiger partial charge in [-0.05, 0) is 0 Å². The quantitative estimate of drug-likeness (QED) is 0.712. The van der Waals surface area contributed by atoms with Gasteiger partial charge in [0.2, 0.25) is 0 Å². The highest BCUT2D eigenvalue weighted by Gasteiger charge is 2.39. The number of hydrogen-bond acceptors (Lipinski definition) is 4. The SMILES string of the molecule is O=c1[nH]cnc(C(F)(F)F)c1C(O)C(O)CBr. The van der Waals surface area contributed by atoms with Gasteiger partial charge in [0.05, 0.1) is 18.0 Å². The van der Waals surface area contributed by atoms with Crippen LogP contribution in [0.4, 0.5) is 13.2 Å². The van der Waals surface area contributed by atoms with Crippen LogP contribution in [-0.2, 0) is 6.18 Å². The van der Waals surface area contributed by atoms with Gasteiger partial charge in [-0.1, -0.05) is 15.9 Å². The van der Waals surface area contributed by atoms with Crippen LogP contribution in [0, 0.1) is 0 Å². The lowest BCUT2D eigenvalue weighted by molar-refractivity contribution is -0.143. The van der Waals surface area contributed by atoms with Crippen LogP contribution < -0.4 is 5.56 Å². The third-order valence-corrected chi connectivity index (χ3v) is 2.64. The monoisotopic (exact) mass is 316 g/mol. The number of H-pyrrole nitrogens is 1. The molecule has 0 spiro atoms. The van der Waals surface area contributed by atoms with Crippen LogP contribution in [0.15, 0.2) is 11.1 Å². The molecule has 1 aromatic rings. The average molecular weight is 317 g/mol. The van der Waals surface area contributed by atoms with Crippen LogP contribution in [0.5, 0.6) is 0 Å². The molecule has 5 nitrogen and oxygen atoms in total. The summed E-state index contributed by atoms with van der Waals surface area (Å²) in [7, 11) is 0. The van der Waals surface area contributed by atoms with E-state index in [1.807, 2.05) is 4.98 Å². The van der Waals surface area contributed by atoms with Crippen molar-refractivity contribution in [3.8, 4) is 0 Å². The van der Waals surface area contributed by atoms with E-state index >= 15 is 0 Å². The van der Waals surface area contributed by atoms with Crippen LogP contribution in [0.2, 0.25) is 0 Å². The van der Waals surface area contributed by atoms with E-state index in [2.05, 4.69) is 20.9 Å². The van der Waals surface area contributed by atoms with Gasteiger partial charge in [-0.25, -0.2) is 4.98 Å². The molecule has 9 heteroatoms. The number of nitrogens with zero attached hydrogens (tertiary/aromatic N) is 1. The molecule has 0 radical (unpaired) electrons. The van der Waals surface area contributed by atoms with Gasteiger partial charge >= 0.3 is 6.18 Å². The second-order valence-corrected chi connectivity index (χ2v) is 3.81. The zero-order chi connectivity index (χ0) is 13.2. The highest BCUT2D eigenvalue weighted by Crippen LogP contribution is 2.32. The number of alkyl halides is 4. The molecule has 0 bridgehead atoms. The molecule has 1 heterocycles. The van der Waals surface area contributed by atoms with Crippen molar-refractivity contribution in [1.82, 2.24) is 9.97 Å². The summed E-state index contributed by atoms with van der Waals surface area (Å²) in [6.45, 7) is 0. The zero-order valence-electron chi connectivity index (χ0n) is 8.20. The third-order valence-electron chi connectivity index (χ3n) is 1.98. The van der Waals surface area contributed by atoms with Crippen molar-refractivity contribution in [2.45, 2.75) is 18.4 Å².